The molecular formula is C19H22N4O3S. The van der Waals surface area contributed by atoms with Crippen LogP contribution in [0.25, 0.3) is 10.2 Å². The molecule has 27 heavy (non-hydrogen) atoms. The number of carbonyl (C=O) groups is 1. The van der Waals surface area contributed by atoms with Gasteiger partial charge in [0.05, 0.1) is 22.0 Å². The van der Waals surface area contributed by atoms with E-state index >= 15 is 0 Å². The van der Waals surface area contributed by atoms with Gasteiger partial charge in [0.15, 0.2) is 5.52 Å². The van der Waals surface area contributed by atoms with Gasteiger partial charge in [-0.2, -0.15) is 5.10 Å². The van der Waals surface area contributed by atoms with Crippen LogP contribution in [0, 0.1) is 6.92 Å². The van der Waals surface area contributed by atoms with Crippen molar-refractivity contribution in [3.63, 3.8) is 0 Å². The second-order valence-corrected chi connectivity index (χ2v) is 7.13. The molecule has 8 heteroatoms. The first-order valence-electron chi connectivity index (χ1n) is 8.87. The summed E-state index contributed by atoms with van der Waals surface area (Å²) in [7, 11) is 0. The highest BCUT2D eigenvalue weighted by Gasteiger charge is 2.15. The molecule has 0 saturated heterocycles. The molecule has 0 radical (unpaired) electrons. The molecule has 0 aliphatic rings. The molecule has 7 nitrogen and oxygen atoms in total. The van der Waals surface area contributed by atoms with Gasteiger partial charge in [-0.15, -0.1) is 11.3 Å². The number of aromatic nitrogens is 3. The first kappa shape index (κ1) is 19.0. The van der Waals surface area contributed by atoms with Crippen molar-refractivity contribution in [1.29, 1.82) is 0 Å². The van der Waals surface area contributed by atoms with Crippen molar-refractivity contribution >= 4 is 27.5 Å². The number of hydrogen-bond donors (Lipinski definition) is 1. The van der Waals surface area contributed by atoms with E-state index < -0.39 is 0 Å². The van der Waals surface area contributed by atoms with Crippen LogP contribution in [-0.4, -0.2) is 27.3 Å². The SMILES string of the molecule is CCOc1cccc(CNC(=O)Cn2nc(C)c3sc(CC)nc3c2=O)c1. The molecule has 0 unspecified atom stereocenters. The van der Waals surface area contributed by atoms with E-state index in [0.29, 0.717) is 24.4 Å². The van der Waals surface area contributed by atoms with Crippen molar-refractivity contribution < 1.29 is 9.53 Å². The summed E-state index contributed by atoms with van der Waals surface area (Å²) in [5.41, 5.74) is 1.69. The van der Waals surface area contributed by atoms with E-state index in [-0.39, 0.29) is 18.0 Å². The summed E-state index contributed by atoms with van der Waals surface area (Å²) in [6, 6.07) is 7.54. The molecule has 3 rings (SSSR count). The molecule has 0 spiro atoms. The van der Waals surface area contributed by atoms with Gasteiger partial charge in [-0.1, -0.05) is 19.1 Å². The van der Waals surface area contributed by atoms with Crippen molar-refractivity contribution in [1.82, 2.24) is 20.1 Å². The Morgan fingerprint density at radius 3 is 2.89 bits per heavy atom. The fourth-order valence-corrected chi connectivity index (χ4v) is 3.65. The highest BCUT2D eigenvalue weighted by atomic mass is 32.1. The highest BCUT2D eigenvalue weighted by Crippen LogP contribution is 2.21. The molecule has 1 N–H and O–H groups in total. The van der Waals surface area contributed by atoms with Crippen molar-refractivity contribution in [2.75, 3.05) is 6.61 Å². The standard InChI is InChI=1S/C19H22N4O3S/c1-4-16-21-17-18(27-16)12(3)22-23(19(17)25)11-15(24)20-10-13-7-6-8-14(9-13)26-5-2/h6-9H,4-5,10-11H2,1-3H3,(H,20,24). The average molecular weight is 386 g/mol. The Morgan fingerprint density at radius 1 is 1.33 bits per heavy atom. The van der Waals surface area contributed by atoms with Crippen LogP contribution in [0.1, 0.15) is 30.1 Å². The van der Waals surface area contributed by atoms with Crippen LogP contribution in [0.4, 0.5) is 0 Å². The highest BCUT2D eigenvalue weighted by molar-refractivity contribution is 7.18. The summed E-state index contributed by atoms with van der Waals surface area (Å²) < 4.78 is 7.43. The van der Waals surface area contributed by atoms with Crippen LogP contribution in [0.5, 0.6) is 5.75 Å². The summed E-state index contributed by atoms with van der Waals surface area (Å²) in [5, 5.41) is 7.98. The monoisotopic (exact) mass is 386 g/mol. The van der Waals surface area contributed by atoms with Crippen molar-refractivity contribution in [3.05, 3.63) is 50.9 Å². The smallest absolute Gasteiger partial charge is 0.294 e. The van der Waals surface area contributed by atoms with Crippen molar-refractivity contribution in [2.24, 2.45) is 0 Å². The molecule has 0 fully saturated rings. The Balaban J connectivity index is 1.71. The lowest BCUT2D eigenvalue weighted by atomic mass is 10.2. The van der Waals surface area contributed by atoms with Gasteiger partial charge in [-0.05, 0) is 38.0 Å². The Labute approximate surface area is 161 Å². The molecule has 142 valence electrons. The number of nitrogens with zero attached hydrogens (tertiary/aromatic N) is 3. The zero-order chi connectivity index (χ0) is 19.4. The third-order valence-electron chi connectivity index (χ3n) is 4.00. The van der Waals surface area contributed by atoms with E-state index in [0.717, 1.165) is 27.4 Å². The minimum absolute atomic E-state index is 0.139. The molecule has 2 aromatic heterocycles. The predicted molar refractivity (Wildman–Crippen MR) is 105 cm³/mol. The average Bonchev–Trinajstić information content (AvgIpc) is 3.10. The second-order valence-electron chi connectivity index (χ2n) is 6.04. The normalized spacial score (nSPS) is 10.9. The predicted octanol–water partition coefficient (Wildman–Crippen LogP) is 2.44. The molecule has 1 amide bonds. The van der Waals surface area contributed by atoms with Crippen LogP contribution in [0.3, 0.4) is 0 Å². The summed E-state index contributed by atoms with van der Waals surface area (Å²) >= 11 is 1.48. The third-order valence-corrected chi connectivity index (χ3v) is 5.31. The Morgan fingerprint density at radius 2 is 2.15 bits per heavy atom. The van der Waals surface area contributed by atoms with Crippen molar-refractivity contribution in [3.8, 4) is 5.75 Å². The van der Waals surface area contributed by atoms with E-state index in [4.69, 9.17) is 4.74 Å². The molecule has 2 heterocycles. The number of ether oxygens (including phenoxy) is 1. The molecule has 0 aliphatic heterocycles. The number of aryl methyl sites for hydroxylation is 2. The van der Waals surface area contributed by atoms with Crippen LogP contribution >= 0.6 is 11.3 Å². The Kier molecular flexibility index (Phi) is 5.85. The van der Waals surface area contributed by atoms with Gasteiger partial charge in [0.2, 0.25) is 5.91 Å². The maximum absolute atomic E-state index is 12.6. The number of carbonyl (C=O) groups excluding carboxylic acids is 1. The number of amides is 1. The lowest BCUT2D eigenvalue weighted by molar-refractivity contribution is -0.122. The lowest BCUT2D eigenvalue weighted by Gasteiger charge is -2.09. The fourth-order valence-electron chi connectivity index (χ4n) is 2.71. The quantitative estimate of drug-likeness (QED) is 0.674. The molecular weight excluding hydrogens is 364 g/mol. The van der Waals surface area contributed by atoms with Gasteiger partial charge in [0, 0.05) is 6.54 Å². The van der Waals surface area contributed by atoms with Gasteiger partial charge in [-0.25, -0.2) is 9.67 Å². The largest absolute Gasteiger partial charge is 0.494 e. The topological polar surface area (TPSA) is 86.1 Å². The summed E-state index contributed by atoms with van der Waals surface area (Å²) in [6.07, 6.45) is 0.763. The maximum Gasteiger partial charge on any atom is 0.294 e. The van der Waals surface area contributed by atoms with Crippen LogP contribution in [0.2, 0.25) is 0 Å². The number of rotatable bonds is 7. The zero-order valence-electron chi connectivity index (χ0n) is 15.6. The summed E-state index contributed by atoms with van der Waals surface area (Å²) in [6.45, 7) is 6.54. The maximum atomic E-state index is 12.6. The number of thiazole rings is 1. The van der Waals surface area contributed by atoms with Gasteiger partial charge < -0.3 is 10.1 Å². The molecule has 1 aromatic carbocycles. The molecule has 3 aromatic rings. The van der Waals surface area contributed by atoms with Gasteiger partial charge in [0.1, 0.15) is 12.3 Å². The van der Waals surface area contributed by atoms with E-state index in [2.05, 4.69) is 15.4 Å². The zero-order valence-corrected chi connectivity index (χ0v) is 16.4. The van der Waals surface area contributed by atoms with Crippen LogP contribution in [-0.2, 0) is 24.3 Å². The number of benzene rings is 1. The fraction of sp³-hybridized carbons (Fsp3) is 0.368. The van der Waals surface area contributed by atoms with Crippen LogP contribution < -0.4 is 15.6 Å². The number of fused-ring (bicyclic) bond motifs is 1. The van der Waals surface area contributed by atoms with Crippen LogP contribution in [0.15, 0.2) is 29.1 Å². The Bertz CT molecular complexity index is 1030. The summed E-state index contributed by atoms with van der Waals surface area (Å²) in [5.74, 6) is 0.481. The van der Waals surface area contributed by atoms with Gasteiger partial charge in [-0.3, -0.25) is 9.59 Å². The minimum Gasteiger partial charge on any atom is -0.494 e. The van der Waals surface area contributed by atoms with E-state index in [1.165, 1.54) is 16.0 Å². The third kappa shape index (κ3) is 4.33. The number of hydrogen-bond acceptors (Lipinski definition) is 6. The molecule has 0 bridgehead atoms. The van der Waals surface area contributed by atoms with E-state index in [9.17, 15) is 9.59 Å². The lowest BCUT2D eigenvalue weighted by Crippen LogP contribution is -2.33. The van der Waals surface area contributed by atoms with Crippen molar-refractivity contribution in [2.45, 2.75) is 40.3 Å². The number of nitrogens with one attached hydrogen (secondary N) is 1. The molecule has 0 atom stereocenters. The molecule has 0 aliphatic carbocycles. The first-order chi connectivity index (χ1) is 13.0. The van der Waals surface area contributed by atoms with E-state index in [1.54, 1.807) is 0 Å². The van der Waals surface area contributed by atoms with Gasteiger partial charge >= 0.3 is 0 Å². The Hall–Kier alpha value is -2.74. The molecule has 0 saturated carbocycles. The second kappa shape index (κ2) is 8.30. The van der Waals surface area contributed by atoms with Gasteiger partial charge in [0.25, 0.3) is 5.56 Å². The minimum atomic E-state index is -0.333. The summed E-state index contributed by atoms with van der Waals surface area (Å²) in [4.78, 5) is 29.3. The first-order valence-corrected chi connectivity index (χ1v) is 9.69. The van der Waals surface area contributed by atoms with E-state index in [1.807, 2.05) is 45.0 Å².